The van der Waals surface area contributed by atoms with E-state index in [4.69, 9.17) is 10.1 Å². The lowest BCUT2D eigenvalue weighted by Gasteiger charge is -2.28. The van der Waals surface area contributed by atoms with E-state index in [9.17, 15) is 9.59 Å². The number of hydrogen-bond acceptors (Lipinski definition) is 8. The SMILES string of the molecule is O=C(CSc1nc2sc3c(c2c(=O)[nH]1)CCCC3)N1N=C2/C(=C\c3cccs3)CCCC2C1c1cccs1. The molecule has 5 heterocycles. The number of nitrogens with one attached hydrogen (secondary N) is 1. The van der Waals surface area contributed by atoms with Crippen molar-refractivity contribution in [2.75, 3.05) is 5.75 Å². The van der Waals surface area contributed by atoms with Crippen LogP contribution < -0.4 is 5.56 Å². The topological polar surface area (TPSA) is 78.4 Å². The highest BCUT2D eigenvalue weighted by molar-refractivity contribution is 7.99. The van der Waals surface area contributed by atoms with E-state index >= 15 is 0 Å². The van der Waals surface area contributed by atoms with Gasteiger partial charge in [-0.2, -0.15) is 5.10 Å². The number of rotatable bonds is 5. The molecule has 2 unspecified atom stereocenters. The fourth-order valence-electron chi connectivity index (χ4n) is 5.90. The molecule has 0 bridgehead atoms. The summed E-state index contributed by atoms with van der Waals surface area (Å²) in [4.78, 5) is 38.8. The van der Waals surface area contributed by atoms with E-state index in [2.05, 4.69) is 40.0 Å². The zero-order valence-corrected chi connectivity index (χ0v) is 23.9. The number of H-pyrrole nitrogens is 1. The summed E-state index contributed by atoms with van der Waals surface area (Å²) in [6.07, 6.45) is 9.62. The van der Waals surface area contributed by atoms with Gasteiger partial charge in [0.15, 0.2) is 5.16 Å². The molecule has 194 valence electrons. The van der Waals surface area contributed by atoms with E-state index in [0.29, 0.717) is 5.16 Å². The van der Waals surface area contributed by atoms with Crippen molar-refractivity contribution in [1.29, 1.82) is 0 Å². The number of carbonyl (C=O) groups excluding carboxylic acids is 1. The molecular weight excluding hydrogens is 553 g/mol. The van der Waals surface area contributed by atoms with Gasteiger partial charge in [-0.1, -0.05) is 23.9 Å². The summed E-state index contributed by atoms with van der Waals surface area (Å²) in [7, 11) is 0. The number of hydrogen-bond donors (Lipinski definition) is 1. The van der Waals surface area contributed by atoms with Gasteiger partial charge in [-0.25, -0.2) is 9.99 Å². The Morgan fingerprint density at radius 3 is 2.84 bits per heavy atom. The highest BCUT2D eigenvalue weighted by Gasteiger charge is 2.44. The lowest BCUT2D eigenvalue weighted by Crippen LogP contribution is -2.32. The van der Waals surface area contributed by atoms with Crippen LogP contribution in [0, 0.1) is 5.92 Å². The predicted molar refractivity (Wildman–Crippen MR) is 159 cm³/mol. The lowest BCUT2D eigenvalue weighted by atomic mass is 9.79. The standard InChI is InChI=1S/C28H26N4O2S4/c33-22(15-37-28-29-26(34)23-18-8-1-2-10-20(18)38-27(23)30-28)32-25(21-11-5-13-36-21)19-9-3-6-16(24(19)31-32)14-17-7-4-12-35-17/h4-5,7,11-14,19,25H,1-3,6,8-10,15H2,(H,29,30,34)/b16-14-. The molecule has 1 saturated carbocycles. The molecule has 0 aromatic carbocycles. The summed E-state index contributed by atoms with van der Waals surface area (Å²) >= 11 is 6.34. The smallest absolute Gasteiger partial charge is 0.260 e. The monoisotopic (exact) mass is 578 g/mol. The van der Waals surface area contributed by atoms with Gasteiger partial charge in [0.1, 0.15) is 4.83 Å². The van der Waals surface area contributed by atoms with Crippen molar-refractivity contribution in [2.24, 2.45) is 11.0 Å². The number of thioether (sulfide) groups is 1. The molecule has 0 spiro atoms. The van der Waals surface area contributed by atoms with E-state index in [1.54, 1.807) is 39.0 Å². The van der Waals surface area contributed by atoms with Crippen LogP contribution in [0.1, 0.15) is 58.3 Å². The van der Waals surface area contributed by atoms with Crippen LogP contribution in [0.2, 0.25) is 0 Å². The molecule has 1 aliphatic heterocycles. The van der Waals surface area contributed by atoms with Crippen molar-refractivity contribution < 1.29 is 4.79 Å². The van der Waals surface area contributed by atoms with Crippen molar-refractivity contribution in [3.8, 4) is 0 Å². The minimum atomic E-state index is -0.0865. The van der Waals surface area contributed by atoms with Gasteiger partial charge in [-0.15, -0.1) is 34.0 Å². The van der Waals surface area contributed by atoms with Crippen LogP contribution >= 0.6 is 45.8 Å². The molecule has 2 aliphatic carbocycles. The van der Waals surface area contributed by atoms with Gasteiger partial charge in [0.2, 0.25) is 0 Å². The molecule has 6 nitrogen and oxygen atoms in total. The van der Waals surface area contributed by atoms with Crippen molar-refractivity contribution in [1.82, 2.24) is 15.0 Å². The number of carbonyl (C=O) groups is 1. The summed E-state index contributed by atoms with van der Waals surface area (Å²) in [6.45, 7) is 0. The predicted octanol–water partition coefficient (Wildman–Crippen LogP) is 6.90. The molecule has 1 fully saturated rings. The number of thiophene rings is 3. The molecule has 2 atom stereocenters. The molecule has 1 N–H and O–H groups in total. The minimum absolute atomic E-state index is 0.0565. The molecule has 0 saturated heterocycles. The van der Waals surface area contributed by atoms with Gasteiger partial charge in [0, 0.05) is 20.5 Å². The lowest BCUT2D eigenvalue weighted by molar-refractivity contribution is -0.130. The van der Waals surface area contributed by atoms with Crippen LogP contribution in [0.15, 0.2) is 55.7 Å². The fraction of sp³-hybridized carbons (Fsp3) is 0.357. The number of fused-ring (bicyclic) bond motifs is 4. The number of nitrogens with zero attached hydrogens (tertiary/aromatic N) is 3. The van der Waals surface area contributed by atoms with E-state index < -0.39 is 0 Å². The van der Waals surface area contributed by atoms with Gasteiger partial charge in [-0.05, 0) is 85.1 Å². The van der Waals surface area contributed by atoms with Crippen molar-refractivity contribution in [3.63, 3.8) is 0 Å². The third-order valence-electron chi connectivity index (χ3n) is 7.59. The van der Waals surface area contributed by atoms with E-state index in [1.165, 1.54) is 44.0 Å². The number of aryl methyl sites for hydroxylation is 2. The van der Waals surface area contributed by atoms with Crippen LogP contribution in [0.5, 0.6) is 0 Å². The molecule has 4 aromatic rings. The quantitative estimate of drug-likeness (QED) is 0.206. The van der Waals surface area contributed by atoms with Crippen molar-refractivity contribution >= 4 is 73.7 Å². The second kappa shape index (κ2) is 10.2. The zero-order valence-electron chi connectivity index (χ0n) is 20.6. The van der Waals surface area contributed by atoms with E-state index in [0.717, 1.165) is 54.5 Å². The molecule has 7 rings (SSSR count). The second-order valence-corrected chi connectivity index (χ2v) is 13.9. The molecule has 1 amide bonds. The zero-order chi connectivity index (χ0) is 25.6. The molecular formula is C28H26N4O2S4. The Morgan fingerprint density at radius 2 is 2.00 bits per heavy atom. The maximum atomic E-state index is 13.7. The summed E-state index contributed by atoms with van der Waals surface area (Å²) in [5.74, 6) is 0.322. The van der Waals surface area contributed by atoms with E-state index in [1.807, 2.05) is 6.07 Å². The minimum Gasteiger partial charge on any atom is -0.301 e. The largest absolute Gasteiger partial charge is 0.301 e. The first-order chi connectivity index (χ1) is 18.7. The first-order valence-corrected chi connectivity index (χ1v) is 16.6. The third kappa shape index (κ3) is 4.41. The first kappa shape index (κ1) is 24.5. The normalized spacial score (nSPS) is 22.1. The van der Waals surface area contributed by atoms with Gasteiger partial charge < -0.3 is 4.98 Å². The van der Waals surface area contributed by atoms with Gasteiger partial charge in [0.25, 0.3) is 11.5 Å². The molecule has 38 heavy (non-hydrogen) atoms. The molecule has 0 radical (unpaired) electrons. The highest BCUT2D eigenvalue weighted by atomic mass is 32.2. The maximum absolute atomic E-state index is 13.7. The average molecular weight is 579 g/mol. The van der Waals surface area contributed by atoms with Crippen LogP contribution in [0.25, 0.3) is 16.3 Å². The summed E-state index contributed by atoms with van der Waals surface area (Å²) in [6, 6.07) is 8.27. The van der Waals surface area contributed by atoms with Crippen LogP contribution in [-0.2, 0) is 17.6 Å². The van der Waals surface area contributed by atoms with Crippen molar-refractivity contribution in [3.05, 3.63) is 71.1 Å². The summed E-state index contributed by atoms with van der Waals surface area (Å²) in [5, 5.41) is 12.1. The number of hydrazone groups is 1. The van der Waals surface area contributed by atoms with Crippen LogP contribution in [0.3, 0.4) is 0 Å². The maximum Gasteiger partial charge on any atom is 0.260 e. The summed E-state index contributed by atoms with van der Waals surface area (Å²) < 4.78 is 0. The van der Waals surface area contributed by atoms with E-state index in [-0.39, 0.29) is 29.2 Å². The first-order valence-electron chi connectivity index (χ1n) is 13.0. The fourth-order valence-corrected chi connectivity index (χ4v) is 9.49. The summed E-state index contributed by atoms with van der Waals surface area (Å²) in [5.41, 5.74) is 3.39. The number of aromatic nitrogens is 2. The number of aromatic amines is 1. The second-order valence-electron chi connectivity index (χ2n) is 9.92. The molecule has 4 aromatic heterocycles. The van der Waals surface area contributed by atoms with Crippen LogP contribution in [-0.4, -0.2) is 32.3 Å². The third-order valence-corrected chi connectivity index (χ3v) is 11.4. The molecule has 3 aliphatic rings. The van der Waals surface area contributed by atoms with Gasteiger partial charge in [-0.3, -0.25) is 9.59 Å². The Hall–Kier alpha value is -2.53. The van der Waals surface area contributed by atoms with Gasteiger partial charge in [0.05, 0.1) is 22.9 Å². The highest BCUT2D eigenvalue weighted by Crippen LogP contribution is 2.46. The average Bonchev–Trinajstić information content (AvgIpc) is 3.72. The Morgan fingerprint density at radius 1 is 1.13 bits per heavy atom. The number of allylic oxidation sites excluding steroid dienone is 1. The Balaban J connectivity index is 1.16. The number of amides is 1. The van der Waals surface area contributed by atoms with Crippen LogP contribution in [0.4, 0.5) is 0 Å². The van der Waals surface area contributed by atoms with Gasteiger partial charge >= 0.3 is 0 Å². The Bertz CT molecular complexity index is 1610. The van der Waals surface area contributed by atoms with Crippen molar-refractivity contribution in [2.45, 2.75) is 56.1 Å². The Labute approximate surface area is 236 Å². The Kier molecular flexibility index (Phi) is 6.59. The molecule has 10 heteroatoms.